The zero-order valence-electron chi connectivity index (χ0n) is 11.8. The Morgan fingerprint density at radius 1 is 1.43 bits per heavy atom. The average molecular weight is 372 g/mol. The van der Waals surface area contributed by atoms with E-state index in [0.717, 1.165) is 17.4 Å². The molecule has 0 atom stereocenters. The van der Waals surface area contributed by atoms with Crippen LogP contribution in [-0.2, 0) is 6.54 Å². The molecule has 0 saturated heterocycles. The summed E-state index contributed by atoms with van der Waals surface area (Å²) in [5, 5.41) is 3.30. The number of benzene rings is 1. The van der Waals surface area contributed by atoms with E-state index in [1.54, 1.807) is 31.4 Å². The summed E-state index contributed by atoms with van der Waals surface area (Å²) in [6.45, 7) is 2.86. The largest absolute Gasteiger partial charge is 0.495 e. The van der Waals surface area contributed by atoms with Gasteiger partial charge in [-0.3, -0.25) is 4.79 Å². The first kappa shape index (κ1) is 15.9. The molecule has 1 aromatic carbocycles. The lowest BCUT2D eigenvalue weighted by Gasteiger charge is -2.10. The van der Waals surface area contributed by atoms with Gasteiger partial charge in [-0.15, -0.1) is 0 Å². The second-order valence-electron chi connectivity index (χ2n) is 4.54. The fraction of sp³-hybridized carbons (Fsp3) is 0.267. The number of carbonyl (C=O) groups is 1. The molecule has 0 aliphatic rings. The molecule has 6 heteroatoms. The van der Waals surface area contributed by atoms with Gasteiger partial charge in [-0.1, -0.05) is 18.5 Å². The van der Waals surface area contributed by atoms with Crippen molar-refractivity contribution in [2.24, 2.45) is 0 Å². The minimum Gasteiger partial charge on any atom is -0.495 e. The Kier molecular flexibility index (Phi) is 5.31. The van der Waals surface area contributed by atoms with Gasteiger partial charge in [-0.05, 0) is 46.6 Å². The van der Waals surface area contributed by atoms with Crippen molar-refractivity contribution in [3.63, 3.8) is 0 Å². The summed E-state index contributed by atoms with van der Waals surface area (Å²) < 4.78 is 7.89. The highest BCUT2D eigenvalue weighted by Gasteiger charge is 2.13. The van der Waals surface area contributed by atoms with Gasteiger partial charge in [0, 0.05) is 22.9 Å². The number of nitrogens with one attached hydrogen (secondary N) is 1. The first-order chi connectivity index (χ1) is 10.0. The van der Waals surface area contributed by atoms with Crippen LogP contribution in [0.1, 0.15) is 23.8 Å². The highest BCUT2D eigenvalue weighted by atomic mass is 79.9. The van der Waals surface area contributed by atoms with Crippen LogP contribution in [-0.4, -0.2) is 17.6 Å². The number of aromatic nitrogens is 1. The molecule has 112 valence electrons. The van der Waals surface area contributed by atoms with E-state index in [0.29, 0.717) is 22.2 Å². The van der Waals surface area contributed by atoms with Crippen molar-refractivity contribution in [3.05, 3.63) is 45.7 Å². The van der Waals surface area contributed by atoms with Crippen LogP contribution in [0.5, 0.6) is 5.75 Å². The predicted octanol–water partition coefficient (Wildman–Crippen LogP) is 4.57. The Balaban J connectivity index is 2.19. The SMILES string of the molecule is CCCn1cc(Br)cc1C(=O)Nc1ccc(OC)c(Cl)c1. The van der Waals surface area contributed by atoms with Crippen molar-refractivity contribution >= 4 is 39.1 Å². The Bertz CT molecular complexity index is 655. The van der Waals surface area contributed by atoms with Crippen molar-refractivity contribution in [3.8, 4) is 5.75 Å². The van der Waals surface area contributed by atoms with Crippen LogP contribution < -0.4 is 10.1 Å². The number of methoxy groups -OCH3 is 1. The Hall–Kier alpha value is -1.46. The summed E-state index contributed by atoms with van der Waals surface area (Å²) in [4.78, 5) is 12.4. The molecule has 0 radical (unpaired) electrons. The van der Waals surface area contributed by atoms with E-state index in [-0.39, 0.29) is 5.91 Å². The molecule has 4 nitrogen and oxygen atoms in total. The maximum Gasteiger partial charge on any atom is 0.272 e. The molecule has 0 aliphatic carbocycles. The number of carbonyl (C=O) groups excluding carboxylic acids is 1. The molecule has 2 aromatic rings. The number of hydrogen-bond acceptors (Lipinski definition) is 2. The van der Waals surface area contributed by atoms with Crippen LogP contribution in [0, 0.1) is 0 Å². The van der Waals surface area contributed by atoms with Gasteiger partial charge in [0.2, 0.25) is 0 Å². The molecule has 1 heterocycles. The summed E-state index contributed by atoms with van der Waals surface area (Å²) in [5.74, 6) is 0.405. The summed E-state index contributed by atoms with van der Waals surface area (Å²) in [7, 11) is 1.55. The molecule has 21 heavy (non-hydrogen) atoms. The van der Waals surface area contributed by atoms with Crippen molar-refractivity contribution < 1.29 is 9.53 Å². The maximum absolute atomic E-state index is 12.4. The third kappa shape index (κ3) is 3.80. The van der Waals surface area contributed by atoms with Crippen LogP contribution in [0.3, 0.4) is 0 Å². The van der Waals surface area contributed by atoms with Crippen molar-refractivity contribution in [1.82, 2.24) is 4.57 Å². The molecule has 1 aromatic heterocycles. The second kappa shape index (κ2) is 7.00. The van der Waals surface area contributed by atoms with Crippen LogP contribution in [0.15, 0.2) is 34.9 Å². The average Bonchev–Trinajstić information content (AvgIpc) is 2.80. The van der Waals surface area contributed by atoms with Crippen molar-refractivity contribution in [2.45, 2.75) is 19.9 Å². The van der Waals surface area contributed by atoms with Gasteiger partial charge in [0.25, 0.3) is 5.91 Å². The predicted molar refractivity (Wildman–Crippen MR) is 88.4 cm³/mol. The monoisotopic (exact) mass is 370 g/mol. The summed E-state index contributed by atoms with van der Waals surface area (Å²) in [6, 6.07) is 6.94. The fourth-order valence-electron chi connectivity index (χ4n) is 2.03. The molecule has 1 N–H and O–H groups in total. The number of hydrogen-bond donors (Lipinski definition) is 1. The fourth-order valence-corrected chi connectivity index (χ4v) is 2.75. The van der Waals surface area contributed by atoms with E-state index in [9.17, 15) is 4.79 Å². The smallest absolute Gasteiger partial charge is 0.272 e. The molecular formula is C15H16BrClN2O2. The third-order valence-corrected chi connectivity index (χ3v) is 3.70. The second-order valence-corrected chi connectivity index (χ2v) is 5.86. The van der Waals surface area contributed by atoms with E-state index >= 15 is 0 Å². The van der Waals surface area contributed by atoms with Crippen LogP contribution in [0.25, 0.3) is 0 Å². The van der Waals surface area contributed by atoms with Crippen LogP contribution in [0.2, 0.25) is 5.02 Å². The highest BCUT2D eigenvalue weighted by Crippen LogP contribution is 2.27. The standard InChI is InChI=1S/C15H16BrClN2O2/c1-3-6-19-9-10(16)7-13(19)15(20)18-11-4-5-14(21-2)12(17)8-11/h4-5,7-9H,3,6H2,1-2H3,(H,18,20). The molecule has 0 aliphatic heterocycles. The van der Waals surface area contributed by atoms with E-state index in [4.69, 9.17) is 16.3 Å². The first-order valence-corrected chi connectivity index (χ1v) is 7.72. The molecular weight excluding hydrogens is 356 g/mol. The van der Waals surface area contributed by atoms with Gasteiger partial charge in [0.15, 0.2) is 0 Å². The minimum absolute atomic E-state index is 0.171. The Morgan fingerprint density at radius 2 is 2.19 bits per heavy atom. The van der Waals surface area contributed by atoms with Gasteiger partial charge < -0.3 is 14.6 Å². The Labute approximate surface area is 137 Å². The quantitative estimate of drug-likeness (QED) is 0.836. The minimum atomic E-state index is -0.171. The maximum atomic E-state index is 12.4. The molecule has 0 saturated carbocycles. The lowest BCUT2D eigenvalue weighted by molar-refractivity contribution is 0.101. The van der Waals surface area contributed by atoms with Gasteiger partial charge in [-0.25, -0.2) is 0 Å². The third-order valence-electron chi connectivity index (χ3n) is 2.97. The number of aryl methyl sites for hydroxylation is 1. The number of nitrogens with zero attached hydrogens (tertiary/aromatic N) is 1. The van der Waals surface area contributed by atoms with Crippen LogP contribution >= 0.6 is 27.5 Å². The molecule has 2 rings (SSSR count). The number of anilines is 1. The van der Waals surface area contributed by atoms with E-state index < -0.39 is 0 Å². The zero-order valence-corrected chi connectivity index (χ0v) is 14.2. The molecule has 0 bridgehead atoms. The molecule has 0 fully saturated rings. The normalized spacial score (nSPS) is 10.5. The number of ether oxygens (including phenoxy) is 1. The summed E-state index contributed by atoms with van der Waals surface area (Å²) in [6.07, 6.45) is 2.86. The van der Waals surface area contributed by atoms with Crippen molar-refractivity contribution in [2.75, 3.05) is 12.4 Å². The van der Waals surface area contributed by atoms with Crippen LogP contribution in [0.4, 0.5) is 5.69 Å². The molecule has 0 spiro atoms. The van der Waals surface area contributed by atoms with Gasteiger partial charge in [0.05, 0.1) is 12.1 Å². The number of rotatable bonds is 5. The van der Waals surface area contributed by atoms with Gasteiger partial charge in [0.1, 0.15) is 11.4 Å². The topological polar surface area (TPSA) is 43.3 Å². The molecule has 1 amide bonds. The lowest BCUT2D eigenvalue weighted by Crippen LogP contribution is -2.16. The number of amides is 1. The summed E-state index contributed by atoms with van der Waals surface area (Å²) in [5.41, 5.74) is 1.24. The van der Waals surface area contributed by atoms with Gasteiger partial charge >= 0.3 is 0 Å². The molecule has 0 unspecified atom stereocenters. The zero-order chi connectivity index (χ0) is 15.4. The van der Waals surface area contributed by atoms with E-state index in [1.807, 2.05) is 10.8 Å². The Morgan fingerprint density at radius 3 is 2.81 bits per heavy atom. The number of halogens is 2. The van der Waals surface area contributed by atoms with E-state index in [1.165, 1.54) is 0 Å². The lowest BCUT2D eigenvalue weighted by atomic mass is 10.3. The highest BCUT2D eigenvalue weighted by molar-refractivity contribution is 9.10. The first-order valence-electron chi connectivity index (χ1n) is 6.55. The summed E-state index contributed by atoms with van der Waals surface area (Å²) >= 11 is 9.45. The van der Waals surface area contributed by atoms with Crippen molar-refractivity contribution in [1.29, 1.82) is 0 Å². The van der Waals surface area contributed by atoms with Gasteiger partial charge in [-0.2, -0.15) is 0 Å². The van der Waals surface area contributed by atoms with E-state index in [2.05, 4.69) is 28.2 Å².